The monoisotopic (exact) mass is 369 g/mol. The van der Waals surface area contributed by atoms with Crippen molar-refractivity contribution in [2.75, 3.05) is 4.90 Å². The number of carbonyl (C=O) groups excluding carboxylic acids is 1. The zero-order valence-electron chi connectivity index (χ0n) is 13.7. The van der Waals surface area contributed by atoms with E-state index in [1.165, 1.54) is 0 Å². The zero-order chi connectivity index (χ0) is 17.8. The van der Waals surface area contributed by atoms with E-state index in [-0.39, 0.29) is 5.91 Å². The molecular formula is C21H17Cl2NO. The number of nitrogens with zero attached hydrogens (tertiary/aromatic N) is 1. The van der Waals surface area contributed by atoms with E-state index in [2.05, 4.69) is 0 Å². The average molecular weight is 370 g/mol. The Morgan fingerprint density at radius 3 is 2.20 bits per heavy atom. The van der Waals surface area contributed by atoms with Gasteiger partial charge in [-0.2, -0.15) is 0 Å². The molecule has 0 bridgehead atoms. The quantitative estimate of drug-likeness (QED) is 0.539. The summed E-state index contributed by atoms with van der Waals surface area (Å²) < 4.78 is 0. The molecule has 3 rings (SSSR count). The van der Waals surface area contributed by atoms with Crippen molar-refractivity contribution in [1.29, 1.82) is 0 Å². The van der Waals surface area contributed by atoms with Gasteiger partial charge in [-0.3, -0.25) is 4.79 Å². The summed E-state index contributed by atoms with van der Waals surface area (Å²) in [6.07, 6.45) is 0. The van der Waals surface area contributed by atoms with Crippen molar-refractivity contribution in [1.82, 2.24) is 0 Å². The van der Waals surface area contributed by atoms with Crippen LogP contribution in [0.3, 0.4) is 0 Å². The molecule has 0 aliphatic heterocycles. The number of amides is 1. The Morgan fingerprint density at radius 1 is 0.880 bits per heavy atom. The molecular weight excluding hydrogens is 353 g/mol. The topological polar surface area (TPSA) is 20.3 Å². The summed E-state index contributed by atoms with van der Waals surface area (Å²) in [6, 6.07) is 22.7. The van der Waals surface area contributed by atoms with E-state index in [0.29, 0.717) is 22.2 Å². The van der Waals surface area contributed by atoms with Gasteiger partial charge in [-0.1, -0.05) is 71.2 Å². The van der Waals surface area contributed by atoms with Gasteiger partial charge in [0.25, 0.3) is 5.91 Å². The minimum Gasteiger partial charge on any atom is -0.304 e. The molecule has 0 saturated heterocycles. The Kier molecular flexibility index (Phi) is 5.42. The van der Waals surface area contributed by atoms with Crippen molar-refractivity contribution in [3.05, 3.63) is 99.5 Å². The van der Waals surface area contributed by atoms with E-state index in [1.54, 1.807) is 23.1 Å². The predicted octanol–water partition coefficient (Wildman–Crippen LogP) is 6.15. The summed E-state index contributed by atoms with van der Waals surface area (Å²) in [6.45, 7) is 2.50. The molecule has 0 N–H and O–H groups in total. The molecule has 2 nitrogen and oxygen atoms in total. The highest BCUT2D eigenvalue weighted by molar-refractivity contribution is 6.42. The molecule has 0 atom stereocenters. The van der Waals surface area contributed by atoms with Crippen LogP contribution in [0.25, 0.3) is 0 Å². The van der Waals surface area contributed by atoms with Crippen LogP contribution in [0.15, 0.2) is 72.8 Å². The van der Waals surface area contributed by atoms with Crippen LogP contribution in [0.1, 0.15) is 21.5 Å². The summed E-state index contributed by atoms with van der Waals surface area (Å²) in [5.74, 6) is -0.119. The van der Waals surface area contributed by atoms with Crippen molar-refractivity contribution in [3.8, 4) is 0 Å². The second-order valence-corrected chi connectivity index (χ2v) is 6.66. The Hall–Kier alpha value is -2.29. The molecule has 3 aromatic rings. The lowest BCUT2D eigenvalue weighted by Gasteiger charge is -2.23. The summed E-state index contributed by atoms with van der Waals surface area (Å²) in [5.41, 5.74) is 3.54. The van der Waals surface area contributed by atoms with Crippen LogP contribution in [0.4, 0.5) is 5.69 Å². The van der Waals surface area contributed by atoms with E-state index in [4.69, 9.17) is 23.2 Å². The van der Waals surface area contributed by atoms with Gasteiger partial charge in [-0.25, -0.2) is 0 Å². The van der Waals surface area contributed by atoms with Gasteiger partial charge in [0.1, 0.15) is 0 Å². The molecule has 0 heterocycles. The average Bonchev–Trinajstić information content (AvgIpc) is 2.63. The summed E-state index contributed by atoms with van der Waals surface area (Å²) in [4.78, 5) is 14.9. The van der Waals surface area contributed by atoms with Gasteiger partial charge < -0.3 is 4.90 Å². The van der Waals surface area contributed by atoms with Gasteiger partial charge >= 0.3 is 0 Å². The maximum atomic E-state index is 13.1. The standard InChI is InChI=1S/C21H17Cl2NO/c1-15-7-10-18(11-8-15)24(14-16-5-3-2-4-6-16)21(25)17-9-12-19(22)20(23)13-17/h2-13H,14H2,1H3. The molecule has 0 unspecified atom stereocenters. The van der Waals surface area contributed by atoms with Crippen LogP contribution in [-0.4, -0.2) is 5.91 Å². The molecule has 0 aliphatic rings. The molecule has 25 heavy (non-hydrogen) atoms. The molecule has 3 aromatic carbocycles. The van der Waals surface area contributed by atoms with Gasteiger partial charge in [-0.15, -0.1) is 0 Å². The third kappa shape index (κ3) is 4.22. The summed E-state index contributed by atoms with van der Waals surface area (Å²) in [5, 5.41) is 0.805. The fraction of sp³-hybridized carbons (Fsp3) is 0.0952. The van der Waals surface area contributed by atoms with Crippen LogP contribution < -0.4 is 4.90 Å². The van der Waals surface area contributed by atoms with E-state index in [0.717, 1.165) is 16.8 Å². The molecule has 0 saturated carbocycles. The fourth-order valence-corrected chi connectivity index (χ4v) is 2.85. The highest BCUT2D eigenvalue weighted by Gasteiger charge is 2.19. The number of carbonyl (C=O) groups is 1. The first-order valence-corrected chi connectivity index (χ1v) is 8.68. The SMILES string of the molecule is Cc1ccc(N(Cc2ccccc2)C(=O)c2ccc(Cl)c(Cl)c2)cc1. The maximum absolute atomic E-state index is 13.1. The van der Waals surface area contributed by atoms with Crippen LogP contribution >= 0.6 is 23.2 Å². The minimum atomic E-state index is -0.119. The lowest BCUT2D eigenvalue weighted by molar-refractivity contribution is 0.0985. The lowest BCUT2D eigenvalue weighted by Crippen LogP contribution is -2.30. The number of rotatable bonds is 4. The van der Waals surface area contributed by atoms with Crippen LogP contribution in [-0.2, 0) is 6.54 Å². The van der Waals surface area contributed by atoms with Crippen molar-refractivity contribution >= 4 is 34.8 Å². The second-order valence-electron chi connectivity index (χ2n) is 5.84. The summed E-state index contributed by atoms with van der Waals surface area (Å²) in [7, 11) is 0. The van der Waals surface area contributed by atoms with E-state index in [9.17, 15) is 4.79 Å². The molecule has 0 radical (unpaired) electrons. The predicted molar refractivity (Wildman–Crippen MR) is 105 cm³/mol. The van der Waals surface area contributed by atoms with E-state index in [1.807, 2.05) is 61.5 Å². The van der Waals surface area contributed by atoms with Crippen molar-refractivity contribution in [3.63, 3.8) is 0 Å². The number of halogens is 2. The fourth-order valence-electron chi connectivity index (χ4n) is 2.56. The molecule has 0 aromatic heterocycles. The van der Waals surface area contributed by atoms with Crippen LogP contribution in [0, 0.1) is 6.92 Å². The smallest absolute Gasteiger partial charge is 0.258 e. The second kappa shape index (κ2) is 7.73. The van der Waals surface area contributed by atoms with Gasteiger partial charge in [0, 0.05) is 11.3 Å². The number of hydrogen-bond donors (Lipinski definition) is 0. The molecule has 4 heteroatoms. The van der Waals surface area contributed by atoms with Gasteiger partial charge in [0.05, 0.1) is 16.6 Å². The largest absolute Gasteiger partial charge is 0.304 e. The highest BCUT2D eigenvalue weighted by Crippen LogP contribution is 2.26. The summed E-state index contributed by atoms with van der Waals surface area (Å²) >= 11 is 12.1. The first-order valence-electron chi connectivity index (χ1n) is 7.92. The van der Waals surface area contributed by atoms with Crippen LogP contribution in [0.5, 0.6) is 0 Å². The molecule has 1 amide bonds. The van der Waals surface area contributed by atoms with Gasteiger partial charge in [0.2, 0.25) is 0 Å². The third-order valence-electron chi connectivity index (χ3n) is 3.94. The lowest BCUT2D eigenvalue weighted by atomic mass is 10.1. The van der Waals surface area contributed by atoms with Gasteiger partial charge in [-0.05, 0) is 42.8 Å². The Bertz CT molecular complexity index is 876. The molecule has 0 spiro atoms. The Labute approximate surface area is 157 Å². The minimum absolute atomic E-state index is 0.119. The van der Waals surface area contributed by atoms with Crippen molar-refractivity contribution in [2.24, 2.45) is 0 Å². The van der Waals surface area contributed by atoms with Crippen LogP contribution in [0.2, 0.25) is 10.0 Å². The van der Waals surface area contributed by atoms with Crippen molar-refractivity contribution < 1.29 is 4.79 Å². The normalized spacial score (nSPS) is 10.5. The molecule has 0 aliphatic carbocycles. The number of hydrogen-bond acceptors (Lipinski definition) is 1. The Morgan fingerprint density at radius 2 is 1.56 bits per heavy atom. The maximum Gasteiger partial charge on any atom is 0.258 e. The molecule has 0 fully saturated rings. The van der Waals surface area contributed by atoms with E-state index >= 15 is 0 Å². The third-order valence-corrected chi connectivity index (χ3v) is 4.68. The first kappa shape index (κ1) is 17.5. The number of anilines is 1. The van der Waals surface area contributed by atoms with E-state index < -0.39 is 0 Å². The zero-order valence-corrected chi connectivity index (χ0v) is 15.3. The first-order chi connectivity index (χ1) is 12.0. The van der Waals surface area contributed by atoms with Gasteiger partial charge in [0.15, 0.2) is 0 Å². The van der Waals surface area contributed by atoms with Crippen molar-refractivity contribution in [2.45, 2.75) is 13.5 Å². The Balaban J connectivity index is 1.98. The molecule has 126 valence electrons. The highest BCUT2D eigenvalue weighted by atomic mass is 35.5. The number of benzene rings is 3. The number of aryl methyl sites for hydroxylation is 1.